The summed E-state index contributed by atoms with van der Waals surface area (Å²) in [7, 11) is 0. The number of aromatic nitrogens is 2. The zero-order chi connectivity index (χ0) is 14.7. The predicted octanol–water partition coefficient (Wildman–Crippen LogP) is 3.67. The van der Waals surface area contributed by atoms with Crippen LogP contribution in [0.5, 0.6) is 0 Å². The molecule has 4 nitrogen and oxygen atoms in total. The molecule has 3 aromatic rings. The predicted molar refractivity (Wildman–Crippen MR) is 82.7 cm³/mol. The summed E-state index contributed by atoms with van der Waals surface area (Å²) in [4.78, 5) is 8.59. The Balaban J connectivity index is 1.89. The molecule has 0 saturated carbocycles. The Labute approximate surface area is 123 Å². The monoisotopic (exact) mass is 274 g/mol. The van der Waals surface area contributed by atoms with Crippen LogP contribution in [0, 0.1) is 11.3 Å². The number of fused-ring (bicyclic) bond motifs is 1. The Bertz CT molecular complexity index is 798. The lowest BCUT2D eigenvalue weighted by molar-refractivity contribution is 0.875. The van der Waals surface area contributed by atoms with Gasteiger partial charge in [-0.15, -0.1) is 0 Å². The van der Waals surface area contributed by atoms with E-state index in [0.29, 0.717) is 5.56 Å². The Morgan fingerprint density at radius 1 is 1.05 bits per heavy atom. The number of hydrogen-bond donors (Lipinski definition) is 1. The minimum atomic E-state index is 0.0936. The maximum absolute atomic E-state index is 8.84. The molecule has 0 aliphatic rings. The van der Waals surface area contributed by atoms with Gasteiger partial charge in [-0.1, -0.05) is 24.3 Å². The molecule has 0 amide bonds. The van der Waals surface area contributed by atoms with Gasteiger partial charge in [-0.2, -0.15) is 5.26 Å². The van der Waals surface area contributed by atoms with Crippen molar-refractivity contribution in [3.63, 3.8) is 0 Å². The highest BCUT2D eigenvalue weighted by molar-refractivity contribution is 5.88. The van der Waals surface area contributed by atoms with E-state index < -0.39 is 0 Å². The number of nitriles is 1. The quantitative estimate of drug-likeness (QED) is 0.791. The van der Waals surface area contributed by atoms with Gasteiger partial charge in [0.05, 0.1) is 17.1 Å². The SMILES string of the molecule is C[C@H](Nc1ncnc2ccccc12)c1ccc(C#N)cc1. The minimum Gasteiger partial charge on any atom is -0.363 e. The van der Waals surface area contributed by atoms with Crippen LogP contribution in [0.2, 0.25) is 0 Å². The molecule has 21 heavy (non-hydrogen) atoms. The normalized spacial score (nSPS) is 11.8. The Hall–Kier alpha value is -2.93. The van der Waals surface area contributed by atoms with Crippen LogP contribution < -0.4 is 5.32 Å². The fourth-order valence-corrected chi connectivity index (χ4v) is 2.25. The van der Waals surface area contributed by atoms with E-state index in [2.05, 4.69) is 28.3 Å². The number of para-hydroxylation sites is 1. The smallest absolute Gasteiger partial charge is 0.137 e. The van der Waals surface area contributed by atoms with Gasteiger partial charge in [0.25, 0.3) is 0 Å². The van der Waals surface area contributed by atoms with E-state index in [1.807, 2.05) is 48.5 Å². The molecule has 0 spiro atoms. The lowest BCUT2D eigenvalue weighted by Gasteiger charge is -2.16. The maximum Gasteiger partial charge on any atom is 0.137 e. The molecule has 4 heteroatoms. The van der Waals surface area contributed by atoms with Crippen molar-refractivity contribution in [3.8, 4) is 6.07 Å². The zero-order valence-corrected chi connectivity index (χ0v) is 11.6. The lowest BCUT2D eigenvalue weighted by atomic mass is 10.1. The zero-order valence-electron chi connectivity index (χ0n) is 11.6. The Kier molecular flexibility index (Phi) is 3.48. The van der Waals surface area contributed by atoms with Crippen LogP contribution in [0.1, 0.15) is 24.1 Å². The summed E-state index contributed by atoms with van der Waals surface area (Å²) in [5, 5.41) is 13.2. The van der Waals surface area contributed by atoms with Crippen molar-refractivity contribution in [3.05, 3.63) is 66.0 Å². The first-order chi connectivity index (χ1) is 10.3. The van der Waals surface area contributed by atoms with E-state index in [1.54, 1.807) is 6.33 Å². The van der Waals surface area contributed by atoms with Gasteiger partial charge in [-0.05, 0) is 36.8 Å². The molecule has 2 aromatic carbocycles. The van der Waals surface area contributed by atoms with Crippen molar-refractivity contribution in [2.75, 3.05) is 5.32 Å². The maximum atomic E-state index is 8.84. The molecule has 0 saturated heterocycles. The molecule has 1 aromatic heterocycles. The summed E-state index contributed by atoms with van der Waals surface area (Å²) < 4.78 is 0. The van der Waals surface area contributed by atoms with E-state index in [1.165, 1.54) is 0 Å². The highest BCUT2D eigenvalue weighted by atomic mass is 15.0. The first-order valence-corrected chi connectivity index (χ1v) is 6.74. The van der Waals surface area contributed by atoms with Crippen LogP contribution in [0.4, 0.5) is 5.82 Å². The number of anilines is 1. The fraction of sp³-hybridized carbons (Fsp3) is 0.118. The summed E-state index contributed by atoms with van der Waals surface area (Å²) in [5.41, 5.74) is 2.69. The molecule has 3 rings (SSSR count). The van der Waals surface area contributed by atoms with Gasteiger partial charge in [0.1, 0.15) is 12.1 Å². The van der Waals surface area contributed by atoms with Gasteiger partial charge in [0.2, 0.25) is 0 Å². The van der Waals surface area contributed by atoms with Gasteiger partial charge in [0, 0.05) is 11.4 Å². The summed E-state index contributed by atoms with van der Waals surface area (Å²) in [5.74, 6) is 0.817. The van der Waals surface area contributed by atoms with Crippen molar-refractivity contribution in [1.29, 1.82) is 5.26 Å². The summed E-state index contributed by atoms with van der Waals surface area (Å²) in [6.45, 7) is 2.07. The van der Waals surface area contributed by atoms with Crippen molar-refractivity contribution in [2.45, 2.75) is 13.0 Å². The number of benzene rings is 2. The van der Waals surface area contributed by atoms with Crippen LogP contribution in [0.25, 0.3) is 10.9 Å². The van der Waals surface area contributed by atoms with Gasteiger partial charge >= 0.3 is 0 Å². The minimum absolute atomic E-state index is 0.0936. The van der Waals surface area contributed by atoms with E-state index in [0.717, 1.165) is 22.3 Å². The molecule has 1 atom stereocenters. The van der Waals surface area contributed by atoms with Crippen LogP contribution in [0.3, 0.4) is 0 Å². The molecule has 0 aliphatic carbocycles. The molecule has 1 heterocycles. The largest absolute Gasteiger partial charge is 0.363 e. The molecular formula is C17H14N4. The van der Waals surface area contributed by atoms with E-state index in [-0.39, 0.29) is 6.04 Å². The molecule has 0 unspecified atom stereocenters. The standard InChI is InChI=1S/C17H14N4/c1-12(14-8-6-13(10-18)7-9-14)21-17-15-4-2-3-5-16(15)19-11-20-17/h2-9,11-12H,1H3,(H,19,20,21)/t12-/m0/s1. The summed E-state index contributed by atoms with van der Waals surface area (Å²) >= 11 is 0. The molecule has 0 fully saturated rings. The third-order valence-electron chi connectivity index (χ3n) is 3.44. The van der Waals surface area contributed by atoms with Crippen LogP contribution in [0.15, 0.2) is 54.9 Å². The number of hydrogen-bond acceptors (Lipinski definition) is 4. The lowest BCUT2D eigenvalue weighted by Crippen LogP contribution is -2.08. The molecule has 1 N–H and O–H groups in total. The first-order valence-electron chi connectivity index (χ1n) is 6.74. The van der Waals surface area contributed by atoms with Gasteiger partial charge in [-0.25, -0.2) is 9.97 Å². The van der Waals surface area contributed by atoms with Crippen LogP contribution in [-0.2, 0) is 0 Å². The average molecular weight is 274 g/mol. The average Bonchev–Trinajstić information content (AvgIpc) is 2.55. The number of rotatable bonds is 3. The topological polar surface area (TPSA) is 61.6 Å². The number of nitrogens with zero attached hydrogens (tertiary/aromatic N) is 3. The number of nitrogens with one attached hydrogen (secondary N) is 1. The Morgan fingerprint density at radius 2 is 1.81 bits per heavy atom. The van der Waals surface area contributed by atoms with Gasteiger partial charge < -0.3 is 5.32 Å². The highest BCUT2D eigenvalue weighted by Crippen LogP contribution is 2.23. The van der Waals surface area contributed by atoms with Crippen LogP contribution in [-0.4, -0.2) is 9.97 Å². The van der Waals surface area contributed by atoms with Crippen LogP contribution >= 0.6 is 0 Å². The molecule has 0 radical (unpaired) electrons. The second-order valence-corrected chi connectivity index (χ2v) is 4.84. The summed E-state index contributed by atoms with van der Waals surface area (Å²) in [6, 6.07) is 17.7. The van der Waals surface area contributed by atoms with Gasteiger partial charge in [-0.3, -0.25) is 0 Å². The second kappa shape index (κ2) is 5.59. The van der Waals surface area contributed by atoms with Crippen molar-refractivity contribution >= 4 is 16.7 Å². The van der Waals surface area contributed by atoms with E-state index in [4.69, 9.17) is 5.26 Å². The van der Waals surface area contributed by atoms with E-state index >= 15 is 0 Å². The Morgan fingerprint density at radius 3 is 2.57 bits per heavy atom. The molecule has 102 valence electrons. The van der Waals surface area contributed by atoms with Crippen molar-refractivity contribution in [1.82, 2.24) is 9.97 Å². The van der Waals surface area contributed by atoms with Crippen molar-refractivity contribution < 1.29 is 0 Å². The van der Waals surface area contributed by atoms with Gasteiger partial charge in [0.15, 0.2) is 0 Å². The molecular weight excluding hydrogens is 260 g/mol. The molecule has 0 aliphatic heterocycles. The van der Waals surface area contributed by atoms with Crippen molar-refractivity contribution in [2.24, 2.45) is 0 Å². The van der Waals surface area contributed by atoms with E-state index in [9.17, 15) is 0 Å². The molecule has 0 bridgehead atoms. The first kappa shape index (κ1) is 13.1. The summed E-state index contributed by atoms with van der Waals surface area (Å²) in [6.07, 6.45) is 1.57. The third kappa shape index (κ3) is 2.67. The second-order valence-electron chi connectivity index (χ2n) is 4.84. The fourth-order valence-electron chi connectivity index (χ4n) is 2.25. The third-order valence-corrected chi connectivity index (χ3v) is 3.44. The highest BCUT2D eigenvalue weighted by Gasteiger charge is 2.09.